The summed E-state index contributed by atoms with van der Waals surface area (Å²) in [5, 5.41) is 0. The van der Waals surface area contributed by atoms with Crippen molar-refractivity contribution in [3.8, 4) is 0 Å². The Balaban J connectivity index is 1.32. The standard InChI is InChI=1S/C20H26N4O3/c25-18(22-10-4-5-11-22)14-21-12-8-16(9-13-21)23-15-19(26)24(20(23)27)17-6-2-1-3-7-17/h1-3,6-7,16H,4-5,8-15H2. The van der Waals surface area contributed by atoms with E-state index in [0.29, 0.717) is 12.2 Å². The summed E-state index contributed by atoms with van der Waals surface area (Å²) in [5.74, 6) is 0.0477. The van der Waals surface area contributed by atoms with E-state index in [1.165, 1.54) is 4.90 Å². The average molecular weight is 370 g/mol. The van der Waals surface area contributed by atoms with Crippen LogP contribution < -0.4 is 4.90 Å². The van der Waals surface area contributed by atoms with Crippen LogP contribution in [0.25, 0.3) is 0 Å². The van der Waals surface area contributed by atoms with Gasteiger partial charge in [0.05, 0.1) is 12.2 Å². The fraction of sp³-hybridized carbons (Fsp3) is 0.550. The molecule has 0 unspecified atom stereocenters. The minimum Gasteiger partial charge on any atom is -0.342 e. The first kappa shape index (κ1) is 18.0. The van der Waals surface area contributed by atoms with Gasteiger partial charge in [-0.15, -0.1) is 0 Å². The molecule has 0 aliphatic carbocycles. The van der Waals surface area contributed by atoms with Gasteiger partial charge in [-0.25, -0.2) is 9.69 Å². The van der Waals surface area contributed by atoms with Gasteiger partial charge < -0.3 is 9.80 Å². The van der Waals surface area contributed by atoms with Crippen LogP contribution in [-0.2, 0) is 9.59 Å². The maximum absolute atomic E-state index is 12.8. The highest BCUT2D eigenvalue weighted by Crippen LogP contribution is 2.26. The molecule has 3 fully saturated rings. The molecule has 1 aromatic carbocycles. The number of nitrogens with zero attached hydrogens (tertiary/aromatic N) is 4. The first-order valence-electron chi connectivity index (χ1n) is 9.82. The molecule has 0 radical (unpaired) electrons. The lowest BCUT2D eigenvalue weighted by Gasteiger charge is -2.36. The van der Waals surface area contributed by atoms with Crippen LogP contribution in [0.15, 0.2) is 30.3 Å². The molecule has 0 bridgehead atoms. The van der Waals surface area contributed by atoms with E-state index in [9.17, 15) is 14.4 Å². The molecule has 3 saturated heterocycles. The van der Waals surface area contributed by atoms with E-state index in [4.69, 9.17) is 0 Å². The normalized spacial score (nSPS) is 22.1. The maximum Gasteiger partial charge on any atom is 0.332 e. The molecular formula is C20H26N4O3. The number of anilines is 1. The summed E-state index contributed by atoms with van der Waals surface area (Å²) < 4.78 is 0. The highest BCUT2D eigenvalue weighted by atomic mass is 16.2. The average Bonchev–Trinajstić information content (AvgIpc) is 3.32. The number of amides is 4. The molecule has 0 aromatic heterocycles. The lowest BCUT2D eigenvalue weighted by Crippen LogP contribution is -2.48. The summed E-state index contributed by atoms with van der Waals surface area (Å²) in [7, 11) is 0. The number of para-hydroxylation sites is 1. The lowest BCUT2D eigenvalue weighted by atomic mass is 10.0. The molecule has 7 nitrogen and oxygen atoms in total. The minimum atomic E-state index is -0.224. The second-order valence-corrected chi connectivity index (χ2v) is 7.57. The van der Waals surface area contributed by atoms with Crippen LogP contribution in [-0.4, -0.2) is 77.9 Å². The molecule has 3 heterocycles. The van der Waals surface area contributed by atoms with Crippen molar-refractivity contribution in [2.75, 3.05) is 44.2 Å². The topological polar surface area (TPSA) is 64.2 Å². The van der Waals surface area contributed by atoms with Gasteiger partial charge in [0.1, 0.15) is 6.54 Å². The number of imide groups is 1. The highest BCUT2D eigenvalue weighted by molar-refractivity contribution is 6.19. The van der Waals surface area contributed by atoms with Crippen LogP contribution in [0, 0.1) is 0 Å². The molecular weight excluding hydrogens is 344 g/mol. The largest absolute Gasteiger partial charge is 0.342 e. The summed E-state index contributed by atoms with van der Waals surface area (Å²) >= 11 is 0. The Morgan fingerprint density at radius 3 is 2.30 bits per heavy atom. The fourth-order valence-electron chi connectivity index (χ4n) is 4.28. The van der Waals surface area contributed by atoms with E-state index in [1.54, 1.807) is 17.0 Å². The summed E-state index contributed by atoms with van der Waals surface area (Å²) in [4.78, 5) is 44.6. The van der Waals surface area contributed by atoms with E-state index >= 15 is 0 Å². The van der Waals surface area contributed by atoms with E-state index in [-0.39, 0.29) is 30.4 Å². The van der Waals surface area contributed by atoms with E-state index in [2.05, 4.69) is 4.90 Å². The van der Waals surface area contributed by atoms with Gasteiger partial charge in [0, 0.05) is 32.2 Å². The number of carbonyl (C=O) groups is 3. The molecule has 7 heteroatoms. The Morgan fingerprint density at radius 2 is 1.63 bits per heavy atom. The van der Waals surface area contributed by atoms with E-state index in [0.717, 1.165) is 51.9 Å². The van der Waals surface area contributed by atoms with Crippen molar-refractivity contribution in [2.24, 2.45) is 0 Å². The van der Waals surface area contributed by atoms with Gasteiger partial charge >= 0.3 is 6.03 Å². The Bertz CT molecular complexity index is 709. The molecule has 4 amide bonds. The molecule has 3 aliphatic rings. The van der Waals surface area contributed by atoms with Crippen molar-refractivity contribution in [1.29, 1.82) is 0 Å². The predicted octanol–water partition coefficient (Wildman–Crippen LogP) is 1.54. The van der Waals surface area contributed by atoms with Gasteiger partial charge in [-0.3, -0.25) is 14.5 Å². The Kier molecular flexibility index (Phi) is 5.11. The zero-order valence-electron chi connectivity index (χ0n) is 15.5. The van der Waals surface area contributed by atoms with Crippen LogP contribution in [0.2, 0.25) is 0 Å². The number of carbonyl (C=O) groups excluding carboxylic acids is 3. The van der Waals surface area contributed by atoms with Crippen molar-refractivity contribution < 1.29 is 14.4 Å². The molecule has 4 rings (SSSR count). The second-order valence-electron chi connectivity index (χ2n) is 7.57. The Morgan fingerprint density at radius 1 is 0.963 bits per heavy atom. The van der Waals surface area contributed by atoms with E-state index < -0.39 is 0 Å². The van der Waals surface area contributed by atoms with Crippen LogP contribution >= 0.6 is 0 Å². The van der Waals surface area contributed by atoms with Crippen LogP contribution in [0.4, 0.5) is 10.5 Å². The first-order valence-corrected chi connectivity index (χ1v) is 9.82. The monoisotopic (exact) mass is 370 g/mol. The zero-order chi connectivity index (χ0) is 18.8. The first-order chi connectivity index (χ1) is 13.1. The molecule has 0 saturated carbocycles. The molecule has 27 heavy (non-hydrogen) atoms. The second kappa shape index (κ2) is 7.68. The highest BCUT2D eigenvalue weighted by Gasteiger charge is 2.41. The molecule has 0 spiro atoms. The quantitative estimate of drug-likeness (QED) is 0.755. The van der Waals surface area contributed by atoms with Crippen molar-refractivity contribution >= 4 is 23.5 Å². The van der Waals surface area contributed by atoms with Gasteiger partial charge in [0.25, 0.3) is 5.91 Å². The summed E-state index contributed by atoms with van der Waals surface area (Å²) in [6, 6.07) is 8.93. The molecule has 144 valence electrons. The van der Waals surface area contributed by atoms with Crippen LogP contribution in [0.3, 0.4) is 0 Å². The number of urea groups is 1. The minimum absolute atomic E-state index is 0.0632. The number of likely N-dealkylation sites (tertiary alicyclic amines) is 2. The number of piperidine rings is 1. The van der Waals surface area contributed by atoms with E-state index in [1.807, 2.05) is 23.1 Å². The molecule has 0 atom stereocenters. The Labute approximate surface area is 159 Å². The van der Waals surface area contributed by atoms with Crippen molar-refractivity contribution in [2.45, 2.75) is 31.7 Å². The number of hydrogen-bond acceptors (Lipinski definition) is 4. The van der Waals surface area contributed by atoms with Crippen molar-refractivity contribution in [3.05, 3.63) is 30.3 Å². The summed E-state index contributed by atoms with van der Waals surface area (Å²) in [6.07, 6.45) is 3.82. The van der Waals surface area contributed by atoms with Gasteiger partial charge in [-0.05, 0) is 37.8 Å². The lowest BCUT2D eigenvalue weighted by molar-refractivity contribution is -0.131. The van der Waals surface area contributed by atoms with Gasteiger partial charge in [0.2, 0.25) is 5.91 Å². The number of benzene rings is 1. The zero-order valence-corrected chi connectivity index (χ0v) is 15.5. The molecule has 3 aliphatic heterocycles. The van der Waals surface area contributed by atoms with Gasteiger partial charge in [-0.1, -0.05) is 18.2 Å². The van der Waals surface area contributed by atoms with Crippen LogP contribution in [0.1, 0.15) is 25.7 Å². The maximum atomic E-state index is 12.8. The third-order valence-corrected chi connectivity index (χ3v) is 5.82. The van der Waals surface area contributed by atoms with Gasteiger partial charge in [0.15, 0.2) is 0 Å². The van der Waals surface area contributed by atoms with Crippen molar-refractivity contribution in [1.82, 2.24) is 14.7 Å². The summed E-state index contributed by atoms with van der Waals surface area (Å²) in [6.45, 7) is 3.95. The Hall–Kier alpha value is -2.41. The number of hydrogen-bond donors (Lipinski definition) is 0. The summed E-state index contributed by atoms with van der Waals surface area (Å²) in [5.41, 5.74) is 0.628. The SMILES string of the molecule is O=C(CN1CCC(N2CC(=O)N(c3ccccc3)C2=O)CC1)N1CCCC1. The smallest absolute Gasteiger partial charge is 0.332 e. The van der Waals surface area contributed by atoms with Crippen LogP contribution in [0.5, 0.6) is 0 Å². The third kappa shape index (κ3) is 3.69. The molecule has 0 N–H and O–H groups in total. The fourth-order valence-corrected chi connectivity index (χ4v) is 4.28. The predicted molar refractivity (Wildman–Crippen MR) is 101 cm³/mol. The van der Waals surface area contributed by atoms with Gasteiger partial charge in [-0.2, -0.15) is 0 Å². The van der Waals surface area contributed by atoms with Crippen molar-refractivity contribution in [3.63, 3.8) is 0 Å². The molecule has 1 aromatic rings. The third-order valence-electron chi connectivity index (χ3n) is 5.82. The number of rotatable bonds is 4.